The van der Waals surface area contributed by atoms with Gasteiger partial charge in [-0.15, -0.1) is 0 Å². The van der Waals surface area contributed by atoms with E-state index in [9.17, 15) is 4.79 Å². The average Bonchev–Trinajstić information content (AvgIpc) is 2.41. The lowest BCUT2D eigenvalue weighted by Gasteiger charge is -2.07. The molecule has 2 N–H and O–H groups in total. The number of benzene rings is 2. The van der Waals surface area contributed by atoms with Gasteiger partial charge in [0, 0.05) is 16.8 Å². The van der Waals surface area contributed by atoms with Gasteiger partial charge in [-0.05, 0) is 36.6 Å². The Morgan fingerprint density at radius 3 is 2.39 bits per heavy atom. The molecule has 0 heterocycles. The van der Waals surface area contributed by atoms with Gasteiger partial charge >= 0.3 is 0 Å². The van der Waals surface area contributed by atoms with Crippen molar-refractivity contribution in [2.45, 2.75) is 20.3 Å². The molecule has 2 aromatic rings. The molecule has 2 aromatic carbocycles. The normalized spacial score (nSPS) is 10.3. The third-order valence-electron chi connectivity index (χ3n) is 3.13. The van der Waals surface area contributed by atoms with E-state index in [-0.39, 0.29) is 5.78 Å². The van der Waals surface area contributed by atoms with Crippen molar-refractivity contribution >= 4 is 11.5 Å². The predicted molar refractivity (Wildman–Crippen MR) is 74.8 cm³/mol. The van der Waals surface area contributed by atoms with Crippen LogP contribution in [0.5, 0.6) is 0 Å². The summed E-state index contributed by atoms with van der Waals surface area (Å²) >= 11 is 0. The van der Waals surface area contributed by atoms with Gasteiger partial charge in [0.25, 0.3) is 0 Å². The fraction of sp³-hybridized carbons (Fsp3) is 0.188. The molecule has 0 aliphatic carbocycles. The van der Waals surface area contributed by atoms with E-state index in [1.807, 2.05) is 43.3 Å². The summed E-state index contributed by atoms with van der Waals surface area (Å²) in [6.45, 7) is 4.02. The summed E-state index contributed by atoms with van der Waals surface area (Å²) in [6, 6.07) is 13.2. The standard InChI is InChI=1S/C16H17NO/c1-3-12-5-7-13(8-6-12)16(18)15-10-14(17)9-4-11(15)2/h4-10H,3,17H2,1-2H3. The van der Waals surface area contributed by atoms with E-state index in [1.54, 1.807) is 6.07 Å². The summed E-state index contributed by atoms with van der Waals surface area (Å²) < 4.78 is 0. The van der Waals surface area contributed by atoms with Gasteiger partial charge < -0.3 is 5.73 Å². The van der Waals surface area contributed by atoms with Gasteiger partial charge in [-0.25, -0.2) is 0 Å². The van der Waals surface area contributed by atoms with Gasteiger partial charge in [-0.2, -0.15) is 0 Å². The molecule has 0 spiro atoms. The van der Waals surface area contributed by atoms with Crippen molar-refractivity contribution in [2.24, 2.45) is 0 Å². The Bertz CT molecular complexity index is 570. The molecule has 92 valence electrons. The average molecular weight is 239 g/mol. The zero-order valence-corrected chi connectivity index (χ0v) is 10.7. The largest absolute Gasteiger partial charge is 0.399 e. The molecule has 2 rings (SSSR count). The number of hydrogen-bond acceptors (Lipinski definition) is 2. The highest BCUT2D eigenvalue weighted by atomic mass is 16.1. The Balaban J connectivity index is 2.38. The zero-order valence-electron chi connectivity index (χ0n) is 10.7. The van der Waals surface area contributed by atoms with Crippen molar-refractivity contribution < 1.29 is 4.79 Å². The topological polar surface area (TPSA) is 43.1 Å². The summed E-state index contributed by atoms with van der Waals surface area (Å²) in [7, 11) is 0. The van der Waals surface area contributed by atoms with Crippen LogP contribution < -0.4 is 5.73 Å². The van der Waals surface area contributed by atoms with Crippen LogP contribution in [0.3, 0.4) is 0 Å². The van der Waals surface area contributed by atoms with Crippen LogP contribution in [0, 0.1) is 6.92 Å². The number of carbonyl (C=O) groups excluding carboxylic acids is 1. The molecule has 0 radical (unpaired) electrons. The smallest absolute Gasteiger partial charge is 0.193 e. The van der Waals surface area contributed by atoms with Gasteiger partial charge in [-0.3, -0.25) is 4.79 Å². The highest BCUT2D eigenvalue weighted by molar-refractivity contribution is 6.10. The first kappa shape index (κ1) is 12.4. The Kier molecular flexibility index (Phi) is 3.47. The molecule has 0 saturated carbocycles. The van der Waals surface area contributed by atoms with Gasteiger partial charge in [0.2, 0.25) is 0 Å². The number of nitrogen functional groups attached to an aromatic ring is 1. The van der Waals surface area contributed by atoms with Crippen LogP contribution in [0.15, 0.2) is 42.5 Å². The fourth-order valence-corrected chi connectivity index (χ4v) is 1.93. The third-order valence-corrected chi connectivity index (χ3v) is 3.13. The number of carbonyl (C=O) groups is 1. The summed E-state index contributed by atoms with van der Waals surface area (Å²) in [5, 5.41) is 0. The maximum absolute atomic E-state index is 12.4. The summed E-state index contributed by atoms with van der Waals surface area (Å²) in [5.41, 5.74) is 9.93. The Morgan fingerprint density at radius 2 is 1.78 bits per heavy atom. The molecular weight excluding hydrogens is 222 g/mol. The monoisotopic (exact) mass is 239 g/mol. The van der Waals surface area contributed by atoms with Crippen LogP contribution in [0.1, 0.15) is 34.0 Å². The minimum absolute atomic E-state index is 0.0300. The van der Waals surface area contributed by atoms with E-state index >= 15 is 0 Å². The van der Waals surface area contributed by atoms with Crippen molar-refractivity contribution in [1.29, 1.82) is 0 Å². The van der Waals surface area contributed by atoms with Gasteiger partial charge in [0.05, 0.1) is 0 Å². The number of anilines is 1. The first-order chi connectivity index (χ1) is 8.61. The maximum Gasteiger partial charge on any atom is 0.193 e. The third kappa shape index (κ3) is 2.43. The minimum Gasteiger partial charge on any atom is -0.399 e. The lowest BCUT2D eigenvalue weighted by Crippen LogP contribution is -2.04. The molecule has 0 atom stereocenters. The molecule has 0 amide bonds. The van der Waals surface area contributed by atoms with Crippen molar-refractivity contribution in [2.75, 3.05) is 5.73 Å². The Hall–Kier alpha value is -2.09. The fourth-order valence-electron chi connectivity index (χ4n) is 1.93. The van der Waals surface area contributed by atoms with Gasteiger partial charge in [0.1, 0.15) is 0 Å². The number of nitrogens with two attached hydrogens (primary N) is 1. The second-order valence-electron chi connectivity index (χ2n) is 4.45. The second kappa shape index (κ2) is 5.05. The van der Waals surface area contributed by atoms with E-state index in [0.717, 1.165) is 12.0 Å². The molecule has 0 aliphatic heterocycles. The quantitative estimate of drug-likeness (QED) is 0.659. The second-order valence-corrected chi connectivity index (χ2v) is 4.45. The lowest BCUT2D eigenvalue weighted by molar-refractivity contribution is 0.103. The van der Waals surface area contributed by atoms with E-state index in [0.29, 0.717) is 16.8 Å². The molecule has 0 fully saturated rings. The van der Waals surface area contributed by atoms with Crippen LogP contribution in [0.2, 0.25) is 0 Å². The Labute approximate surface area is 107 Å². The zero-order chi connectivity index (χ0) is 13.1. The Morgan fingerprint density at radius 1 is 1.11 bits per heavy atom. The molecule has 2 heteroatoms. The minimum atomic E-state index is 0.0300. The van der Waals surface area contributed by atoms with Crippen molar-refractivity contribution in [1.82, 2.24) is 0 Å². The van der Waals surface area contributed by atoms with E-state index in [1.165, 1.54) is 5.56 Å². The van der Waals surface area contributed by atoms with E-state index in [2.05, 4.69) is 6.92 Å². The SMILES string of the molecule is CCc1ccc(C(=O)c2cc(N)ccc2C)cc1. The summed E-state index contributed by atoms with van der Waals surface area (Å²) in [6.07, 6.45) is 0.978. The predicted octanol–water partition coefficient (Wildman–Crippen LogP) is 3.37. The lowest BCUT2D eigenvalue weighted by atomic mass is 9.97. The first-order valence-electron chi connectivity index (χ1n) is 6.11. The number of hydrogen-bond donors (Lipinski definition) is 1. The molecule has 0 aromatic heterocycles. The highest BCUT2D eigenvalue weighted by Crippen LogP contribution is 2.17. The van der Waals surface area contributed by atoms with E-state index < -0.39 is 0 Å². The molecule has 0 bridgehead atoms. The first-order valence-corrected chi connectivity index (χ1v) is 6.11. The number of aryl methyl sites for hydroxylation is 2. The van der Waals surface area contributed by atoms with Gasteiger partial charge in [-0.1, -0.05) is 37.3 Å². The molecule has 2 nitrogen and oxygen atoms in total. The van der Waals surface area contributed by atoms with Crippen LogP contribution in [-0.2, 0) is 6.42 Å². The van der Waals surface area contributed by atoms with Crippen LogP contribution in [0.25, 0.3) is 0 Å². The number of ketones is 1. The van der Waals surface area contributed by atoms with Crippen molar-refractivity contribution in [3.05, 3.63) is 64.7 Å². The molecule has 0 unspecified atom stereocenters. The van der Waals surface area contributed by atoms with Crippen LogP contribution in [0.4, 0.5) is 5.69 Å². The maximum atomic E-state index is 12.4. The highest BCUT2D eigenvalue weighted by Gasteiger charge is 2.11. The summed E-state index contributed by atoms with van der Waals surface area (Å²) in [4.78, 5) is 12.4. The molecule has 0 saturated heterocycles. The summed E-state index contributed by atoms with van der Waals surface area (Å²) in [5.74, 6) is 0.0300. The van der Waals surface area contributed by atoms with Gasteiger partial charge in [0.15, 0.2) is 5.78 Å². The van der Waals surface area contributed by atoms with Crippen LogP contribution >= 0.6 is 0 Å². The van der Waals surface area contributed by atoms with Crippen LogP contribution in [-0.4, -0.2) is 5.78 Å². The number of rotatable bonds is 3. The molecular formula is C16H17NO. The van der Waals surface area contributed by atoms with Crippen molar-refractivity contribution in [3.8, 4) is 0 Å². The van der Waals surface area contributed by atoms with E-state index in [4.69, 9.17) is 5.73 Å². The molecule has 0 aliphatic rings. The van der Waals surface area contributed by atoms with Crippen molar-refractivity contribution in [3.63, 3.8) is 0 Å². The molecule has 18 heavy (non-hydrogen) atoms.